The van der Waals surface area contributed by atoms with Crippen LogP contribution in [0.25, 0.3) is 33.3 Å². The quantitative estimate of drug-likeness (QED) is 0.413. The van der Waals surface area contributed by atoms with Gasteiger partial charge in [0.15, 0.2) is 11.5 Å². The Kier molecular flexibility index (Phi) is 3.43. The molecule has 0 aliphatic carbocycles. The van der Waals surface area contributed by atoms with Crippen molar-refractivity contribution < 1.29 is 22.0 Å². The number of alkyl halides is 5. The summed E-state index contributed by atoms with van der Waals surface area (Å²) in [4.78, 5) is 4.23. The summed E-state index contributed by atoms with van der Waals surface area (Å²) >= 11 is 0. The van der Waals surface area contributed by atoms with E-state index in [9.17, 15) is 22.0 Å². The van der Waals surface area contributed by atoms with Crippen LogP contribution in [-0.4, -0.2) is 35.5 Å². The lowest BCUT2D eigenvalue weighted by Gasteiger charge is -2.17. The van der Waals surface area contributed by atoms with Crippen LogP contribution in [0.2, 0.25) is 0 Å². The van der Waals surface area contributed by atoms with E-state index in [1.54, 1.807) is 48.5 Å². The van der Waals surface area contributed by atoms with Gasteiger partial charge in [0.05, 0.1) is 11.0 Å². The zero-order chi connectivity index (χ0) is 20.4. The number of nitrogens with zero attached hydrogens (tertiary/aromatic N) is 6. The molecule has 0 amide bonds. The molecule has 0 radical (unpaired) electrons. The SMILES string of the molecule is FC(F)(F)C(F)(F)c1nnc2c3ccccc3c(-n3cnc4ccccc43)nn12. The second kappa shape index (κ2) is 5.69. The molecule has 0 aliphatic heterocycles. The summed E-state index contributed by atoms with van der Waals surface area (Å²) in [6.07, 6.45) is -4.41. The molecule has 3 heterocycles. The molecule has 0 fully saturated rings. The monoisotopic (exact) mass is 404 g/mol. The van der Waals surface area contributed by atoms with Crippen molar-refractivity contribution in [3.05, 3.63) is 60.7 Å². The fraction of sp³-hybridized carbons (Fsp3) is 0.111. The standard InChI is InChI=1S/C18H9F5N6/c19-17(20,18(21,22)23)16-26-25-14-10-5-1-2-6-11(10)15(27-29(14)16)28-9-24-12-7-3-4-8-13(12)28/h1-9H. The van der Waals surface area contributed by atoms with Crippen molar-refractivity contribution in [3.63, 3.8) is 0 Å². The number of hydrogen-bond donors (Lipinski definition) is 0. The smallest absolute Gasteiger partial charge is 0.281 e. The molecule has 2 aromatic carbocycles. The average molecular weight is 404 g/mol. The van der Waals surface area contributed by atoms with Crippen LogP contribution < -0.4 is 0 Å². The van der Waals surface area contributed by atoms with Crippen LogP contribution >= 0.6 is 0 Å². The molecule has 11 heteroatoms. The Morgan fingerprint density at radius 2 is 1.48 bits per heavy atom. The van der Waals surface area contributed by atoms with E-state index in [0.29, 0.717) is 26.3 Å². The molecule has 0 atom stereocenters. The Morgan fingerprint density at radius 1 is 0.793 bits per heavy atom. The second-order valence-corrected chi connectivity index (χ2v) is 6.30. The van der Waals surface area contributed by atoms with Crippen molar-refractivity contribution in [1.29, 1.82) is 0 Å². The van der Waals surface area contributed by atoms with E-state index in [-0.39, 0.29) is 11.5 Å². The molecule has 5 rings (SSSR count). The van der Waals surface area contributed by atoms with Gasteiger partial charge in [0.25, 0.3) is 0 Å². The van der Waals surface area contributed by atoms with E-state index in [0.717, 1.165) is 0 Å². The third-order valence-electron chi connectivity index (χ3n) is 4.56. The molecule has 0 saturated carbocycles. The van der Waals surface area contributed by atoms with Gasteiger partial charge >= 0.3 is 12.1 Å². The Hall–Kier alpha value is -3.63. The molecular formula is C18H9F5N6. The highest BCUT2D eigenvalue weighted by Crippen LogP contribution is 2.43. The van der Waals surface area contributed by atoms with Crippen molar-refractivity contribution in [1.82, 2.24) is 29.4 Å². The number of fused-ring (bicyclic) bond motifs is 4. The van der Waals surface area contributed by atoms with Gasteiger partial charge in [-0.1, -0.05) is 36.4 Å². The molecule has 3 aromatic heterocycles. The van der Waals surface area contributed by atoms with E-state index in [1.165, 1.54) is 10.9 Å². The van der Waals surface area contributed by atoms with Crippen molar-refractivity contribution >= 4 is 27.5 Å². The lowest BCUT2D eigenvalue weighted by atomic mass is 10.1. The summed E-state index contributed by atoms with van der Waals surface area (Å²) in [6.45, 7) is 0. The molecule has 5 aromatic rings. The van der Waals surface area contributed by atoms with E-state index in [4.69, 9.17) is 0 Å². The van der Waals surface area contributed by atoms with Crippen molar-refractivity contribution in [2.24, 2.45) is 0 Å². The molecule has 146 valence electrons. The van der Waals surface area contributed by atoms with Crippen molar-refractivity contribution in [2.45, 2.75) is 12.1 Å². The van der Waals surface area contributed by atoms with Crippen LogP contribution in [0, 0.1) is 0 Å². The number of imidazole rings is 1. The number of halogens is 5. The number of hydrogen-bond acceptors (Lipinski definition) is 4. The fourth-order valence-electron chi connectivity index (χ4n) is 3.19. The lowest BCUT2D eigenvalue weighted by Crippen LogP contribution is -2.36. The molecule has 0 aliphatic rings. The van der Waals surface area contributed by atoms with Gasteiger partial charge < -0.3 is 0 Å². The summed E-state index contributed by atoms with van der Waals surface area (Å²) in [5, 5.41) is 11.6. The number of rotatable bonds is 2. The Balaban J connectivity index is 1.90. The maximum Gasteiger partial charge on any atom is 0.461 e. The topological polar surface area (TPSA) is 60.9 Å². The van der Waals surface area contributed by atoms with Gasteiger partial charge in [0.2, 0.25) is 5.82 Å². The maximum atomic E-state index is 14.0. The number of aromatic nitrogens is 6. The molecule has 29 heavy (non-hydrogen) atoms. The van der Waals surface area contributed by atoms with Crippen molar-refractivity contribution in [2.75, 3.05) is 0 Å². The van der Waals surface area contributed by atoms with Crippen LogP contribution in [0.3, 0.4) is 0 Å². The number of para-hydroxylation sites is 2. The minimum absolute atomic E-state index is 0.126. The predicted molar refractivity (Wildman–Crippen MR) is 92.9 cm³/mol. The zero-order valence-corrected chi connectivity index (χ0v) is 14.3. The first-order valence-corrected chi connectivity index (χ1v) is 8.30. The van der Waals surface area contributed by atoms with Gasteiger partial charge in [-0.05, 0) is 12.1 Å². The first-order chi connectivity index (χ1) is 13.8. The normalized spacial score (nSPS) is 13.0. The average Bonchev–Trinajstić information content (AvgIpc) is 3.31. The molecule has 6 nitrogen and oxygen atoms in total. The van der Waals surface area contributed by atoms with Gasteiger partial charge in [-0.3, -0.25) is 4.57 Å². The van der Waals surface area contributed by atoms with E-state index < -0.39 is 17.9 Å². The molecule has 0 N–H and O–H groups in total. The fourth-order valence-corrected chi connectivity index (χ4v) is 3.19. The highest BCUT2D eigenvalue weighted by atomic mass is 19.4. The van der Waals surface area contributed by atoms with Gasteiger partial charge in [-0.25, -0.2) is 4.98 Å². The van der Waals surface area contributed by atoms with Gasteiger partial charge in [0, 0.05) is 10.8 Å². The van der Waals surface area contributed by atoms with Crippen LogP contribution in [0.15, 0.2) is 54.9 Å². The van der Waals surface area contributed by atoms with E-state index in [2.05, 4.69) is 20.3 Å². The molecule has 0 saturated heterocycles. The maximum absolute atomic E-state index is 14.0. The van der Waals surface area contributed by atoms with E-state index >= 15 is 0 Å². The first kappa shape index (κ1) is 17.5. The second-order valence-electron chi connectivity index (χ2n) is 6.30. The number of benzene rings is 2. The third-order valence-corrected chi connectivity index (χ3v) is 4.56. The highest BCUT2D eigenvalue weighted by Gasteiger charge is 2.62. The van der Waals surface area contributed by atoms with Crippen LogP contribution in [0.4, 0.5) is 22.0 Å². The minimum atomic E-state index is -5.84. The molecular weight excluding hydrogens is 395 g/mol. The Labute approximate surface area is 158 Å². The summed E-state index contributed by atoms with van der Waals surface area (Å²) in [5.41, 5.74) is 1.03. The zero-order valence-electron chi connectivity index (χ0n) is 14.3. The van der Waals surface area contributed by atoms with Gasteiger partial charge in [-0.15, -0.1) is 15.3 Å². The highest BCUT2D eigenvalue weighted by molar-refractivity contribution is 5.98. The first-order valence-electron chi connectivity index (χ1n) is 8.30. The molecule has 0 spiro atoms. The van der Waals surface area contributed by atoms with Crippen LogP contribution in [0.1, 0.15) is 5.82 Å². The Morgan fingerprint density at radius 3 is 2.24 bits per heavy atom. The predicted octanol–water partition coefficient (Wildman–Crippen LogP) is 4.27. The largest absolute Gasteiger partial charge is 0.461 e. The summed E-state index contributed by atoms with van der Waals surface area (Å²) in [7, 11) is 0. The summed E-state index contributed by atoms with van der Waals surface area (Å²) in [5.74, 6) is -6.70. The van der Waals surface area contributed by atoms with Crippen LogP contribution in [-0.2, 0) is 5.92 Å². The summed E-state index contributed by atoms with van der Waals surface area (Å²) in [6, 6.07) is 13.6. The minimum Gasteiger partial charge on any atom is -0.281 e. The third kappa shape index (κ3) is 2.39. The van der Waals surface area contributed by atoms with E-state index in [1.807, 2.05) is 0 Å². The molecule has 0 unspecified atom stereocenters. The van der Waals surface area contributed by atoms with Crippen LogP contribution in [0.5, 0.6) is 0 Å². The molecule has 0 bridgehead atoms. The Bertz CT molecular complexity index is 1380. The lowest BCUT2D eigenvalue weighted by molar-refractivity contribution is -0.293. The van der Waals surface area contributed by atoms with Crippen molar-refractivity contribution in [3.8, 4) is 5.82 Å². The summed E-state index contributed by atoms with van der Waals surface area (Å²) < 4.78 is 68.9. The van der Waals surface area contributed by atoms with Gasteiger partial charge in [-0.2, -0.15) is 26.5 Å². The van der Waals surface area contributed by atoms with Gasteiger partial charge in [0.1, 0.15) is 6.33 Å².